The Morgan fingerprint density at radius 3 is 3.12 bits per heavy atom. The lowest BCUT2D eigenvalue weighted by Crippen LogP contribution is -2.06. The van der Waals surface area contributed by atoms with Crippen LogP contribution >= 0.6 is 0 Å². The molecule has 0 fully saturated rings. The van der Waals surface area contributed by atoms with Gasteiger partial charge in [-0.2, -0.15) is 4.98 Å². The van der Waals surface area contributed by atoms with Crippen LogP contribution in [0.25, 0.3) is 11.4 Å². The van der Waals surface area contributed by atoms with E-state index in [4.69, 9.17) is 14.4 Å². The van der Waals surface area contributed by atoms with Crippen LogP contribution in [0.15, 0.2) is 29.0 Å². The Morgan fingerprint density at radius 1 is 1.53 bits per heavy atom. The predicted octanol–water partition coefficient (Wildman–Crippen LogP) is 0.733. The fourth-order valence-electron chi connectivity index (χ4n) is 1.15. The summed E-state index contributed by atoms with van der Waals surface area (Å²) in [6.45, 7) is -0.426. The number of aromatic nitrogens is 3. The molecule has 0 aromatic carbocycles. The van der Waals surface area contributed by atoms with Gasteiger partial charge in [0.1, 0.15) is 13.2 Å². The normalized spacial score (nSPS) is 10.4. The van der Waals surface area contributed by atoms with Crippen molar-refractivity contribution in [2.45, 2.75) is 6.61 Å². The number of carboxylic acids is 1. The summed E-state index contributed by atoms with van der Waals surface area (Å²) >= 11 is 0. The third kappa shape index (κ3) is 3.08. The molecule has 88 valence electrons. The molecule has 0 radical (unpaired) electrons. The van der Waals surface area contributed by atoms with Crippen LogP contribution in [0.4, 0.5) is 0 Å². The summed E-state index contributed by atoms with van der Waals surface area (Å²) in [5.74, 6) is -0.422. The molecule has 17 heavy (non-hydrogen) atoms. The Labute approximate surface area is 96.1 Å². The molecule has 0 spiro atoms. The Bertz CT molecular complexity index is 497. The van der Waals surface area contributed by atoms with Gasteiger partial charge in [-0.1, -0.05) is 5.16 Å². The highest BCUT2D eigenvalue weighted by Gasteiger charge is 2.09. The van der Waals surface area contributed by atoms with Crippen molar-refractivity contribution < 1.29 is 19.2 Å². The van der Waals surface area contributed by atoms with E-state index in [-0.39, 0.29) is 12.5 Å². The molecule has 7 heteroatoms. The summed E-state index contributed by atoms with van der Waals surface area (Å²) in [4.78, 5) is 18.2. The molecule has 0 saturated heterocycles. The van der Waals surface area contributed by atoms with Gasteiger partial charge in [0.25, 0.3) is 5.89 Å². The largest absolute Gasteiger partial charge is 0.480 e. The number of hydrogen-bond acceptors (Lipinski definition) is 6. The minimum atomic E-state index is -1.04. The van der Waals surface area contributed by atoms with Crippen molar-refractivity contribution >= 4 is 5.97 Å². The van der Waals surface area contributed by atoms with Crippen molar-refractivity contribution in [2.24, 2.45) is 0 Å². The van der Waals surface area contributed by atoms with Crippen molar-refractivity contribution in [3.8, 4) is 11.4 Å². The van der Waals surface area contributed by atoms with Gasteiger partial charge in [-0.3, -0.25) is 4.98 Å². The van der Waals surface area contributed by atoms with Crippen LogP contribution in [0, 0.1) is 0 Å². The fraction of sp³-hybridized carbons (Fsp3) is 0.200. The third-order valence-corrected chi connectivity index (χ3v) is 1.84. The molecule has 0 bridgehead atoms. The van der Waals surface area contributed by atoms with Crippen LogP contribution in [-0.4, -0.2) is 32.8 Å². The lowest BCUT2D eigenvalue weighted by Gasteiger charge is -1.94. The van der Waals surface area contributed by atoms with E-state index >= 15 is 0 Å². The average Bonchev–Trinajstić information content (AvgIpc) is 2.78. The van der Waals surface area contributed by atoms with E-state index in [9.17, 15) is 4.79 Å². The van der Waals surface area contributed by atoms with Gasteiger partial charge in [-0.15, -0.1) is 0 Å². The highest BCUT2D eigenvalue weighted by Crippen LogP contribution is 2.13. The van der Waals surface area contributed by atoms with E-state index in [1.165, 1.54) is 0 Å². The third-order valence-electron chi connectivity index (χ3n) is 1.84. The molecular formula is C10H9N3O4. The zero-order valence-corrected chi connectivity index (χ0v) is 8.74. The quantitative estimate of drug-likeness (QED) is 0.815. The van der Waals surface area contributed by atoms with Gasteiger partial charge in [-0.05, 0) is 12.1 Å². The Kier molecular flexibility index (Phi) is 3.41. The molecule has 2 heterocycles. The second-order valence-electron chi connectivity index (χ2n) is 3.14. The first-order chi connectivity index (χ1) is 8.25. The van der Waals surface area contributed by atoms with Crippen molar-refractivity contribution in [1.29, 1.82) is 0 Å². The van der Waals surface area contributed by atoms with Crippen molar-refractivity contribution in [3.05, 3.63) is 30.4 Å². The second-order valence-corrected chi connectivity index (χ2v) is 3.14. The van der Waals surface area contributed by atoms with Gasteiger partial charge in [0.05, 0.1) is 0 Å². The number of hydrogen-bond donors (Lipinski definition) is 1. The predicted molar refractivity (Wildman–Crippen MR) is 54.8 cm³/mol. The van der Waals surface area contributed by atoms with Gasteiger partial charge in [0.15, 0.2) is 0 Å². The van der Waals surface area contributed by atoms with Crippen molar-refractivity contribution in [3.63, 3.8) is 0 Å². The van der Waals surface area contributed by atoms with E-state index in [0.717, 1.165) is 5.56 Å². The lowest BCUT2D eigenvalue weighted by atomic mass is 10.3. The molecule has 0 aliphatic heterocycles. The number of pyridine rings is 1. The molecule has 2 aromatic rings. The molecule has 0 unspecified atom stereocenters. The Balaban J connectivity index is 1.99. The summed E-state index contributed by atoms with van der Waals surface area (Å²) in [6.07, 6.45) is 3.24. The standard InChI is InChI=1S/C10H9N3O4/c14-9(15)6-16-5-8-12-10(13-17-8)7-2-1-3-11-4-7/h1-4H,5-6H2,(H,14,15). The molecule has 0 aliphatic carbocycles. The van der Waals surface area contributed by atoms with E-state index in [1.54, 1.807) is 24.5 Å². The number of aliphatic carboxylic acids is 1. The Hall–Kier alpha value is -2.28. The van der Waals surface area contributed by atoms with E-state index in [1.807, 2.05) is 0 Å². The Morgan fingerprint density at radius 2 is 2.41 bits per heavy atom. The van der Waals surface area contributed by atoms with Crippen LogP contribution in [0.5, 0.6) is 0 Å². The fourth-order valence-corrected chi connectivity index (χ4v) is 1.15. The molecular weight excluding hydrogens is 226 g/mol. The number of rotatable bonds is 5. The first-order valence-electron chi connectivity index (χ1n) is 4.78. The summed E-state index contributed by atoms with van der Waals surface area (Å²) < 4.78 is 9.71. The first kappa shape index (κ1) is 11.2. The average molecular weight is 235 g/mol. The lowest BCUT2D eigenvalue weighted by molar-refractivity contribution is -0.142. The number of nitrogens with zero attached hydrogens (tertiary/aromatic N) is 3. The molecule has 0 atom stereocenters. The van der Waals surface area contributed by atoms with Crippen LogP contribution < -0.4 is 0 Å². The van der Waals surface area contributed by atoms with Crippen LogP contribution in [0.2, 0.25) is 0 Å². The van der Waals surface area contributed by atoms with Crippen molar-refractivity contribution in [2.75, 3.05) is 6.61 Å². The number of carboxylic acid groups (broad SMARTS) is 1. The zero-order valence-electron chi connectivity index (χ0n) is 8.74. The molecule has 0 saturated carbocycles. The van der Waals surface area contributed by atoms with Crippen molar-refractivity contribution in [1.82, 2.24) is 15.1 Å². The molecule has 1 N–H and O–H groups in total. The molecule has 2 aromatic heterocycles. The topological polar surface area (TPSA) is 98.3 Å². The summed E-state index contributed by atoms with van der Waals surface area (Å²) in [5, 5.41) is 12.1. The maximum Gasteiger partial charge on any atom is 0.329 e. The first-order valence-corrected chi connectivity index (χ1v) is 4.78. The van der Waals surface area contributed by atoms with E-state index in [2.05, 4.69) is 15.1 Å². The molecule has 0 aliphatic rings. The molecule has 7 nitrogen and oxygen atoms in total. The van der Waals surface area contributed by atoms with Gasteiger partial charge < -0.3 is 14.4 Å². The smallest absolute Gasteiger partial charge is 0.329 e. The van der Waals surface area contributed by atoms with E-state index in [0.29, 0.717) is 5.82 Å². The van der Waals surface area contributed by atoms with Gasteiger partial charge in [0.2, 0.25) is 5.82 Å². The maximum absolute atomic E-state index is 10.2. The highest BCUT2D eigenvalue weighted by atomic mass is 16.5. The summed E-state index contributed by atoms with van der Waals surface area (Å²) in [6, 6.07) is 3.55. The van der Waals surface area contributed by atoms with Gasteiger partial charge in [-0.25, -0.2) is 4.79 Å². The van der Waals surface area contributed by atoms with Crippen LogP contribution in [0.3, 0.4) is 0 Å². The summed E-state index contributed by atoms with van der Waals surface area (Å²) in [7, 11) is 0. The number of ether oxygens (including phenoxy) is 1. The minimum absolute atomic E-state index is 0.0282. The second kappa shape index (κ2) is 5.17. The van der Waals surface area contributed by atoms with Crippen LogP contribution in [0.1, 0.15) is 5.89 Å². The van der Waals surface area contributed by atoms with Gasteiger partial charge >= 0.3 is 5.97 Å². The zero-order chi connectivity index (χ0) is 12.1. The highest BCUT2D eigenvalue weighted by molar-refractivity contribution is 5.67. The van der Waals surface area contributed by atoms with Crippen LogP contribution in [-0.2, 0) is 16.1 Å². The number of carbonyl (C=O) groups is 1. The van der Waals surface area contributed by atoms with E-state index < -0.39 is 12.6 Å². The maximum atomic E-state index is 10.2. The summed E-state index contributed by atoms with van der Waals surface area (Å²) in [5.41, 5.74) is 0.723. The minimum Gasteiger partial charge on any atom is -0.480 e. The van der Waals surface area contributed by atoms with Gasteiger partial charge in [0, 0.05) is 18.0 Å². The molecule has 2 rings (SSSR count). The molecule has 0 amide bonds. The monoisotopic (exact) mass is 235 g/mol. The SMILES string of the molecule is O=C(O)COCc1nc(-c2cccnc2)no1.